The van der Waals surface area contributed by atoms with Crippen LogP contribution in [-0.2, 0) is 0 Å². The molecule has 0 saturated carbocycles. The molecule has 3 heterocycles. The number of aryl methyl sites for hydroxylation is 1. The lowest BCUT2D eigenvalue weighted by Crippen LogP contribution is -1.95. The number of anilines is 1. The Kier molecular flexibility index (Phi) is 3.30. The quantitative estimate of drug-likeness (QED) is 0.730. The smallest absolute Gasteiger partial charge is 0.222 e. The summed E-state index contributed by atoms with van der Waals surface area (Å²) in [7, 11) is 0. The van der Waals surface area contributed by atoms with E-state index in [0.29, 0.717) is 5.02 Å². The fourth-order valence-electron chi connectivity index (χ4n) is 1.63. The number of halogens is 1. The van der Waals surface area contributed by atoms with E-state index in [0.717, 1.165) is 20.3 Å². The number of thiophene rings is 1. The second kappa shape index (κ2) is 4.96. The van der Waals surface area contributed by atoms with Crippen LogP contribution >= 0.6 is 34.7 Å². The van der Waals surface area contributed by atoms with Crippen LogP contribution < -0.4 is 5.73 Å². The van der Waals surface area contributed by atoms with Gasteiger partial charge in [0.15, 0.2) is 0 Å². The van der Waals surface area contributed by atoms with Crippen LogP contribution in [0, 0.1) is 6.92 Å². The monoisotopic (exact) mass is 308 g/mol. The minimum Gasteiger partial charge on any atom is -0.368 e. The first-order valence-electron chi connectivity index (χ1n) is 5.45. The molecule has 4 nitrogen and oxygen atoms in total. The summed E-state index contributed by atoms with van der Waals surface area (Å²) in [6, 6.07) is 5.73. The van der Waals surface area contributed by atoms with E-state index < -0.39 is 0 Å². The number of hydrogen-bond acceptors (Lipinski definition) is 6. The average Bonchev–Trinajstić information content (AvgIpc) is 2.72. The van der Waals surface area contributed by atoms with Gasteiger partial charge in [-0.15, -0.1) is 11.3 Å². The Bertz CT molecular complexity index is 739. The van der Waals surface area contributed by atoms with Gasteiger partial charge in [-0.05, 0) is 36.9 Å². The number of aromatic nitrogens is 3. The van der Waals surface area contributed by atoms with E-state index in [9.17, 15) is 0 Å². The fraction of sp³-hybridized carbons (Fsp3) is 0.0833. The molecule has 3 aromatic rings. The lowest BCUT2D eigenvalue weighted by molar-refractivity contribution is 1.09. The molecule has 3 aromatic heterocycles. The van der Waals surface area contributed by atoms with Crippen LogP contribution in [0.4, 0.5) is 5.95 Å². The van der Waals surface area contributed by atoms with E-state index in [1.54, 1.807) is 23.6 Å². The topological polar surface area (TPSA) is 64.7 Å². The summed E-state index contributed by atoms with van der Waals surface area (Å²) in [6.45, 7) is 2.04. The Morgan fingerprint density at radius 1 is 1.32 bits per heavy atom. The highest BCUT2D eigenvalue weighted by molar-refractivity contribution is 7.99. The molecule has 0 amide bonds. The van der Waals surface area contributed by atoms with Gasteiger partial charge in [0.2, 0.25) is 5.95 Å². The normalized spacial score (nSPS) is 11.1. The summed E-state index contributed by atoms with van der Waals surface area (Å²) in [6.07, 6.45) is 1.62. The number of pyridine rings is 1. The van der Waals surface area contributed by atoms with Crippen LogP contribution in [0.5, 0.6) is 0 Å². The van der Waals surface area contributed by atoms with Crippen LogP contribution in [0.15, 0.2) is 34.4 Å². The Morgan fingerprint density at radius 2 is 2.16 bits per heavy atom. The van der Waals surface area contributed by atoms with Crippen molar-refractivity contribution in [2.45, 2.75) is 17.0 Å². The second-order valence-electron chi connectivity index (χ2n) is 3.88. The summed E-state index contributed by atoms with van der Waals surface area (Å²) in [5, 5.41) is 3.27. The maximum absolute atomic E-state index is 5.82. The van der Waals surface area contributed by atoms with Crippen molar-refractivity contribution in [1.82, 2.24) is 15.0 Å². The highest BCUT2D eigenvalue weighted by atomic mass is 35.5. The molecule has 0 atom stereocenters. The number of nitrogens with zero attached hydrogens (tertiary/aromatic N) is 3. The zero-order chi connectivity index (χ0) is 13.4. The van der Waals surface area contributed by atoms with Crippen molar-refractivity contribution in [2.75, 3.05) is 5.73 Å². The van der Waals surface area contributed by atoms with Crippen LogP contribution in [0.1, 0.15) is 4.88 Å². The molecule has 19 heavy (non-hydrogen) atoms. The van der Waals surface area contributed by atoms with Gasteiger partial charge in [0.1, 0.15) is 14.9 Å². The van der Waals surface area contributed by atoms with Crippen LogP contribution in [-0.4, -0.2) is 15.0 Å². The molecule has 0 bridgehead atoms. The van der Waals surface area contributed by atoms with Crippen molar-refractivity contribution in [3.8, 4) is 0 Å². The SMILES string of the molecule is Cc1cc2c(Sc3ccc(Cl)cn3)nc(N)nc2s1. The van der Waals surface area contributed by atoms with Crippen molar-refractivity contribution in [2.24, 2.45) is 0 Å². The molecule has 0 saturated heterocycles. The van der Waals surface area contributed by atoms with Gasteiger partial charge in [-0.2, -0.15) is 0 Å². The van der Waals surface area contributed by atoms with Gasteiger partial charge in [-0.3, -0.25) is 0 Å². The summed E-state index contributed by atoms with van der Waals surface area (Å²) >= 11 is 8.89. The number of nitrogen functional groups attached to an aromatic ring is 1. The molecule has 0 unspecified atom stereocenters. The van der Waals surface area contributed by atoms with Crippen molar-refractivity contribution in [3.05, 3.63) is 34.3 Å². The number of hydrogen-bond donors (Lipinski definition) is 1. The number of fused-ring (bicyclic) bond motifs is 1. The standard InChI is InChI=1S/C12H9ClN4S2/c1-6-4-8-10(18-6)16-12(14)17-11(8)19-9-3-2-7(13)5-15-9/h2-5H,1H3,(H2,14,16,17). The molecule has 96 valence electrons. The highest BCUT2D eigenvalue weighted by Crippen LogP contribution is 2.34. The predicted molar refractivity (Wildman–Crippen MR) is 79.9 cm³/mol. The number of rotatable bonds is 2. The first-order valence-corrected chi connectivity index (χ1v) is 7.46. The van der Waals surface area contributed by atoms with Gasteiger partial charge in [-0.1, -0.05) is 11.6 Å². The molecule has 7 heteroatoms. The van der Waals surface area contributed by atoms with Crippen molar-refractivity contribution in [1.29, 1.82) is 0 Å². The van der Waals surface area contributed by atoms with Crippen LogP contribution in [0.25, 0.3) is 10.2 Å². The molecule has 0 radical (unpaired) electrons. The zero-order valence-corrected chi connectivity index (χ0v) is 12.3. The molecule has 0 aliphatic rings. The van der Waals surface area contributed by atoms with E-state index in [1.165, 1.54) is 16.6 Å². The van der Waals surface area contributed by atoms with Gasteiger partial charge < -0.3 is 5.73 Å². The molecular weight excluding hydrogens is 300 g/mol. The third kappa shape index (κ3) is 2.65. The Balaban J connectivity index is 2.06. The Morgan fingerprint density at radius 3 is 2.89 bits per heavy atom. The average molecular weight is 309 g/mol. The van der Waals surface area contributed by atoms with Crippen molar-refractivity contribution < 1.29 is 0 Å². The minimum atomic E-state index is 0.283. The second-order valence-corrected chi connectivity index (χ2v) is 6.56. The molecular formula is C12H9ClN4S2. The number of nitrogens with two attached hydrogens (primary N) is 1. The van der Waals surface area contributed by atoms with E-state index in [-0.39, 0.29) is 5.95 Å². The molecule has 0 aliphatic heterocycles. The maximum Gasteiger partial charge on any atom is 0.222 e. The van der Waals surface area contributed by atoms with E-state index in [1.807, 2.05) is 13.0 Å². The maximum atomic E-state index is 5.82. The van der Waals surface area contributed by atoms with Gasteiger partial charge in [-0.25, -0.2) is 15.0 Å². The lowest BCUT2D eigenvalue weighted by Gasteiger charge is -2.02. The molecule has 3 rings (SSSR count). The van der Waals surface area contributed by atoms with E-state index in [2.05, 4.69) is 21.0 Å². The third-order valence-electron chi connectivity index (χ3n) is 2.40. The Hall–Kier alpha value is -1.37. The van der Waals surface area contributed by atoms with Crippen molar-refractivity contribution in [3.63, 3.8) is 0 Å². The first-order chi connectivity index (χ1) is 9.11. The largest absolute Gasteiger partial charge is 0.368 e. The van der Waals surface area contributed by atoms with Gasteiger partial charge in [0.05, 0.1) is 5.02 Å². The van der Waals surface area contributed by atoms with Gasteiger partial charge in [0, 0.05) is 16.5 Å². The van der Waals surface area contributed by atoms with Crippen molar-refractivity contribution >= 4 is 50.9 Å². The summed E-state index contributed by atoms with van der Waals surface area (Å²) < 4.78 is 0. The molecule has 0 aliphatic carbocycles. The molecule has 0 fully saturated rings. The molecule has 0 aromatic carbocycles. The fourth-order valence-corrected chi connectivity index (χ4v) is 3.54. The molecule has 0 spiro atoms. The van der Waals surface area contributed by atoms with Gasteiger partial charge >= 0.3 is 0 Å². The highest BCUT2D eigenvalue weighted by Gasteiger charge is 2.11. The van der Waals surface area contributed by atoms with E-state index in [4.69, 9.17) is 17.3 Å². The zero-order valence-electron chi connectivity index (χ0n) is 9.92. The van der Waals surface area contributed by atoms with Gasteiger partial charge in [0.25, 0.3) is 0 Å². The van der Waals surface area contributed by atoms with Crippen LogP contribution in [0.2, 0.25) is 5.02 Å². The predicted octanol–water partition coefficient (Wildman–Crippen LogP) is 3.78. The first kappa shape index (κ1) is 12.7. The summed E-state index contributed by atoms with van der Waals surface area (Å²) in [5.41, 5.74) is 5.74. The minimum absolute atomic E-state index is 0.283. The third-order valence-corrected chi connectivity index (χ3v) is 4.52. The summed E-state index contributed by atoms with van der Waals surface area (Å²) in [4.78, 5) is 14.9. The van der Waals surface area contributed by atoms with E-state index >= 15 is 0 Å². The summed E-state index contributed by atoms with van der Waals surface area (Å²) in [5.74, 6) is 0.283. The lowest BCUT2D eigenvalue weighted by atomic mass is 10.4. The molecule has 2 N–H and O–H groups in total. The van der Waals surface area contributed by atoms with Crippen LogP contribution in [0.3, 0.4) is 0 Å². The Labute approximate surface area is 123 Å².